The molecule has 1 rings (SSSR count). The summed E-state index contributed by atoms with van der Waals surface area (Å²) in [5, 5.41) is 7.91. The number of nitrogens with one attached hydrogen (secondary N) is 3. The number of hydrogen-bond acceptors (Lipinski definition) is 9. The molecular weight excluding hydrogens is 648 g/mol. The molecule has 1 heterocycles. The minimum absolute atomic E-state index is 0.0266. The summed E-state index contributed by atoms with van der Waals surface area (Å²) >= 11 is 1.51. The number of likely N-dealkylation sites (tertiary alicyclic amines) is 1. The molecule has 1 aliphatic heterocycles. The number of Topliss-reactive ketones (excluding diaryl/α,β-unsaturated/α-hetero) is 2. The van der Waals surface area contributed by atoms with E-state index in [-0.39, 0.29) is 65.6 Å². The van der Waals surface area contributed by atoms with Gasteiger partial charge >= 0.3 is 6.03 Å². The van der Waals surface area contributed by atoms with E-state index in [9.17, 15) is 33.6 Å². The van der Waals surface area contributed by atoms with Crippen molar-refractivity contribution in [1.82, 2.24) is 20.9 Å². The SMILES string of the molecule is CCC(=O)[C@H](CCCNC(N)=O)CC(=O)[C@@H](NC(=O)CCCCCN1C(=O)CC(SCCCCCC(=O)NCCCCCN)C1=O)C(C)C. The Kier molecular flexibility index (Phi) is 23.3. The van der Waals surface area contributed by atoms with Crippen molar-refractivity contribution in [3.05, 3.63) is 0 Å². The number of thioether (sulfide) groups is 1. The van der Waals surface area contributed by atoms with Crippen LogP contribution in [0.3, 0.4) is 0 Å². The van der Waals surface area contributed by atoms with Crippen LogP contribution in [0.4, 0.5) is 4.79 Å². The summed E-state index contributed by atoms with van der Waals surface area (Å²) in [6.07, 6.45) is 9.49. The molecule has 0 aliphatic carbocycles. The number of ketones is 2. The van der Waals surface area contributed by atoms with Crippen molar-refractivity contribution in [2.24, 2.45) is 23.3 Å². The van der Waals surface area contributed by atoms with Crippen LogP contribution in [0.15, 0.2) is 0 Å². The molecule has 3 atom stereocenters. The molecule has 14 heteroatoms. The summed E-state index contributed by atoms with van der Waals surface area (Å²) in [5.41, 5.74) is 10.6. The maximum Gasteiger partial charge on any atom is 0.312 e. The second kappa shape index (κ2) is 25.9. The topological polar surface area (TPSA) is 211 Å². The molecular formula is C35H62N6O7S. The first-order chi connectivity index (χ1) is 23.4. The molecule has 1 aliphatic rings. The maximum absolute atomic E-state index is 13.2. The monoisotopic (exact) mass is 710 g/mol. The van der Waals surface area contributed by atoms with Gasteiger partial charge in [-0.3, -0.25) is 33.7 Å². The van der Waals surface area contributed by atoms with Gasteiger partial charge in [-0.15, -0.1) is 11.8 Å². The predicted molar refractivity (Wildman–Crippen MR) is 192 cm³/mol. The Bertz CT molecular complexity index is 1070. The first-order valence-electron chi connectivity index (χ1n) is 18.2. The highest BCUT2D eigenvalue weighted by Crippen LogP contribution is 2.27. The Morgan fingerprint density at radius 1 is 0.837 bits per heavy atom. The molecule has 0 radical (unpaired) electrons. The fourth-order valence-corrected chi connectivity index (χ4v) is 6.95. The second-order valence-corrected chi connectivity index (χ2v) is 14.5. The van der Waals surface area contributed by atoms with Crippen LogP contribution in [0.1, 0.15) is 124 Å². The van der Waals surface area contributed by atoms with Crippen molar-refractivity contribution in [2.75, 3.05) is 31.9 Å². The molecule has 1 saturated heterocycles. The number of unbranched alkanes of at least 4 members (excludes halogenated alkanes) is 6. The summed E-state index contributed by atoms with van der Waals surface area (Å²) < 4.78 is 0. The molecule has 280 valence electrons. The summed E-state index contributed by atoms with van der Waals surface area (Å²) in [6, 6.07) is -1.35. The Hall–Kier alpha value is -3.00. The van der Waals surface area contributed by atoms with E-state index in [1.807, 2.05) is 13.8 Å². The summed E-state index contributed by atoms with van der Waals surface area (Å²) in [4.78, 5) is 87.9. The van der Waals surface area contributed by atoms with Crippen molar-refractivity contribution in [3.63, 3.8) is 0 Å². The fourth-order valence-electron chi connectivity index (χ4n) is 5.76. The standard InChI is InChI=1S/C35H62N6O7S/c1-4-27(42)26(15-14-20-39-35(37)48)23-28(43)33(25(2)3)40-31(45)17-8-5-12-21-41-32(46)24-29(34(41)47)49-22-13-6-9-16-30(44)38-19-11-7-10-18-36/h25-26,29,33H,4-24,36H2,1-3H3,(H,38,44)(H,40,45)(H3,37,39,48)/t26-,29?,33+/m1/s1. The van der Waals surface area contributed by atoms with Crippen LogP contribution in [0.2, 0.25) is 0 Å². The lowest BCUT2D eigenvalue weighted by atomic mass is 9.87. The molecule has 0 aromatic heterocycles. The molecule has 13 nitrogen and oxygen atoms in total. The highest BCUT2D eigenvalue weighted by molar-refractivity contribution is 8.00. The van der Waals surface area contributed by atoms with E-state index in [4.69, 9.17) is 11.5 Å². The molecule has 0 spiro atoms. The van der Waals surface area contributed by atoms with Crippen LogP contribution < -0.4 is 27.4 Å². The molecule has 0 aromatic rings. The summed E-state index contributed by atoms with van der Waals surface area (Å²) in [7, 11) is 0. The van der Waals surface area contributed by atoms with Crippen molar-refractivity contribution in [3.8, 4) is 0 Å². The van der Waals surface area contributed by atoms with Crippen LogP contribution in [-0.4, -0.2) is 89.3 Å². The van der Waals surface area contributed by atoms with Crippen LogP contribution in [-0.2, 0) is 28.8 Å². The molecule has 7 N–H and O–H groups in total. The van der Waals surface area contributed by atoms with E-state index in [0.717, 1.165) is 44.3 Å². The molecule has 0 aromatic carbocycles. The van der Waals surface area contributed by atoms with Gasteiger partial charge in [0.05, 0.1) is 11.3 Å². The molecule has 0 saturated carbocycles. The number of nitrogens with zero attached hydrogens (tertiary/aromatic N) is 1. The Labute approximate surface area is 296 Å². The maximum atomic E-state index is 13.2. The minimum Gasteiger partial charge on any atom is -0.356 e. The zero-order valence-corrected chi connectivity index (χ0v) is 30.8. The number of nitrogens with two attached hydrogens (primary N) is 2. The first kappa shape index (κ1) is 44.0. The number of imide groups is 1. The van der Waals surface area contributed by atoms with Crippen LogP contribution in [0.5, 0.6) is 0 Å². The minimum atomic E-state index is -0.709. The lowest BCUT2D eigenvalue weighted by Crippen LogP contribution is -2.45. The number of urea groups is 1. The molecule has 1 unspecified atom stereocenters. The highest BCUT2D eigenvalue weighted by atomic mass is 32.2. The fraction of sp³-hybridized carbons (Fsp3) is 0.800. The number of hydrogen-bond donors (Lipinski definition) is 5. The third-order valence-corrected chi connectivity index (χ3v) is 9.96. The number of primary amides is 1. The van der Waals surface area contributed by atoms with Crippen LogP contribution >= 0.6 is 11.8 Å². The Balaban J connectivity index is 2.33. The Morgan fingerprint density at radius 2 is 1.49 bits per heavy atom. The van der Waals surface area contributed by atoms with Gasteiger partial charge in [0.1, 0.15) is 5.78 Å². The zero-order chi connectivity index (χ0) is 36.6. The third kappa shape index (κ3) is 19.1. The van der Waals surface area contributed by atoms with Gasteiger partial charge in [-0.25, -0.2) is 4.79 Å². The van der Waals surface area contributed by atoms with Gasteiger partial charge in [-0.1, -0.05) is 40.0 Å². The number of rotatable bonds is 29. The lowest BCUT2D eigenvalue weighted by molar-refractivity contribution is -0.138. The summed E-state index contributed by atoms with van der Waals surface area (Å²) in [6.45, 7) is 7.45. The van der Waals surface area contributed by atoms with Gasteiger partial charge < -0.3 is 27.4 Å². The van der Waals surface area contributed by atoms with E-state index in [1.165, 1.54) is 16.7 Å². The predicted octanol–water partition coefficient (Wildman–Crippen LogP) is 3.36. The first-order valence-corrected chi connectivity index (χ1v) is 19.3. The zero-order valence-electron chi connectivity index (χ0n) is 30.0. The molecule has 1 fully saturated rings. The van der Waals surface area contributed by atoms with Gasteiger partial charge in [-0.05, 0) is 69.6 Å². The van der Waals surface area contributed by atoms with Crippen molar-refractivity contribution in [1.29, 1.82) is 0 Å². The highest BCUT2D eigenvalue weighted by Gasteiger charge is 2.38. The van der Waals surface area contributed by atoms with Gasteiger partial charge in [0, 0.05) is 57.7 Å². The van der Waals surface area contributed by atoms with E-state index in [2.05, 4.69) is 16.0 Å². The molecule has 0 bridgehead atoms. The quantitative estimate of drug-likeness (QED) is 0.0568. The van der Waals surface area contributed by atoms with Crippen LogP contribution in [0, 0.1) is 11.8 Å². The normalized spacial score (nSPS) is 15.7. The average Bonchev–Trinajstić information content (AvgIpc) is 3.32. The smallest absolute Gasteiger partial charge is 0.312 e. The average molecular weight is 711 g/mol. The number of amides is 6. The van der Waals surface area contributed by atoms with E-state index < -0.39 is 18.0 Å². The van der Waals surface area contributed by atoms with Crippen molar-refractivity contribution < 1.29 is 33.6 Å². The van der Waals surface area contributed by atoms with Crippen molar-refractivity contribution >= 4 is 53.0 Å². The summed E-state index contributed by atoms with van der Waals surface area (Å²) in [5.74, 6) is -0.587. The van der Waals surface area contributed by atoms with E-state index >= 15 is 0 Å². The number of carbonyl (C=O) groups excluding carboxylic acids is 7. The van der Waals surface area contributed by atoms with Gasteiger partial charge in [0.25, 0.3) is 0 Å². The van der Waals surface area contributed by atoms with Gasteiger partial charge in [-0.2, -0.15) is 0 Å². The Morgan fingerprint density at radius 3 is 2.14 bits per heavy atom. The molecule has 49 heavy (non-hydrogen) atoms. The molecule has 6 amide bonds. The second-order valence-electron chi connectivity index (χ2n) is 13.2. The van der Waals surface area contributed by atoms with E-state index in [1.54, 1.807) is 6.92 Å². The van der Waals surface area contributed by atoms with Crippen molar-refractivity contribution in [2.45, 2.75) is 135 Å². The third-order valence-electron chi connectivity index (χ3n) is 8.67. The van der Waals surface area contributed by atoms with Gasteiger partial charge in [0.15, 0.2) is 5.78 Å². The van der Waals surface area contributed by atoms with Gasteiger partial charge in [0.2, 0.25) is 23.6 Å². The largest absolute Gasteiger partial charge is 0.356 e. The van der Waals surface area contributed by atoms with Crippen LogP contribution in [0.25, 0.3) is 0 Å². The number of carbonyl (C=O) groups is 7. The lowest BCUT2D eigenvalue weighted by Gasteiger charge is -2.24. The van der Waals surface area contributed by atoms with E-state index in [0.29, 0.717) is 71.1 Å².